The molecule has 0 unspecified atom stereocenters. The molecule has 0 fully saturated rings. The largest absolute Gasteiger partial charge is 0.301 e. The Morgan fingerprint density at radius 1 is 1.29 bits per heavy atom. The topological polar surface area (TPSA) is 58.6 Å². The Hall–Kier alpha value is -1.04. The summed E-state index contributed by atoms with van der Waals surface area (Å²) in [6.45, 7) is 0. The Kier molecular flexibility index (Phi) is 4.04. The van der Waals surface area contributed by atoms with Gasteiger partial charge in [0.1, 0.15) is 10.3 Å². The van der Waals surface area contributed by atoms with Crippen molar-refractivity contribution in [3.8, 4) is 0 Å². The lowest BCUT2D eigenvalue weighted by Crippen LogP contribution is -2.05. The summed E-state index contributed by atoms with van der Waals surface area (Å²) in [4.78, 5) is 21.6. The van der Waals surface area contributed by atoms with Gasteiger partial charge in [0, 0.05) is 18.0 Å². The van der Waals surface area contributed by atoms with E-state index in [0.717, 1.165) is 5.56 Å². The fraction of sp³-hybridized carbons (Fsp3) is 0.100. The molecule has 0 aliphatic carbocycles. The van der Waals surface area contributed by atoms with Crippen LogP contribution in [0.15, 0.2) is 34.3 Å². The maximum Gasteiger partial charge on any atom is 0.251 e. The second-order valence-electron chi connectivity index (χ2n) is 3.11. The first-order valence-electron chi connectivity index (χ1n) is 4.64. The van der Waals surface area contributed by atoms with Gasteiger partial charge in [-0.3, -0.25) is 4.79 Å². The Bertz CT molecular complexity index is 588. The maximum atomic E-state index is 11.0. The molecule has 0 saturated heterocycles. The lowest BCUT2D eigenvalue weighted by atomic mass is 10.3. The predicted molar refractivity (Wildman–Crippen MR) is 68.7 cm³/mol. The van der Waals surface area contributed by atoms with Crippen LogP contribution < -0.4 is 5.56 Å². The summed E-state index contributed by atoms with van der Waals surface area (Å²) in [5, 5.41) is 1.27. The van der Waals surface area contributed by atoms with E-state index in [-0.39, 0.29) is 5.56 Å². The van der Waals surface area contributed by atoms with E-state index in [1.54, 1.807) is 12.1 Å². The van der Waals surface area contributed by atoms with Gasteiger partial charge in [-0.25, -0.2) is 9.97 Å². The number of hydrogen-bond donors (Lipinski definition) is 1. The molecule has 0 aliphatic heterocycles. The molecule has 2 aromatic heterocycles. The van der Waals surface area contributed by atoms with Crippen LogP contribution in [-0.4, -0.2) is 15.0 Å². The van der Waals surface area contributed by atoms with Crippen molar-refractivity contribution in [1.82, 2.24) is 15.0 Å². The minimum Gasteiger partial charge on any atom is -0.301 e. The summed E-state index contributed by atoms with van der Waals surface area (Å²) >= 11 is 13.0. The predicted octanol–water partition coefficient (Wildman–Crippen LogP) is 2.76. The van der Waals surface area contributed by atoms with Gasteiger partial charge in [0.2, 0.25) is 0 Å². The van der Waals surface area contributed by atoms with E-state index in [0.29, 0.717) is 21.2 Å². The minimum atomic E-state index is -0.178. The van der Waals surface area contributed by atoms with Gasteiger partial charge < -0.3 is 4.98 Å². The lowest BCUT2D eigenvalue weighted by Gasteiger charge is -2.03. The second kappa shape index (κ2) is 5.53. The van der Waals surface area contributed by atoms with E-state index in [1.807, 2.05) is 0 Å². The minimum absolute atomic E-state index is 0.178. The zero-order chi connectivity index (χ0) is 12.3. The standard InChI is InChI=1S/C10H7Cl2N3OS/c11-7-2-1-6(9(12)14-7)5-17-10-13-4-3-8(16)15-10/h1-4H,5H2,(H,13,15,16). The second-order valence-corrected chi connectivity index (χ2v) is 4.82. The number of nitrogens with one attached hydrogen (secondary N) is 1. The molecular formula is C10H7Cl2N3OS. The molecule has 0 atom stereocenters. The molecule has 1 N–H and O–H groups in total. The molecular weight excluding hydrogens is 281 g/mol. The SMILES string of the molecule is O=c1ccnc(SCc2ccc(Cl)nc2Cl)[nH]1. The average molecular weight is 288 g/mol. The summed E-state index contributed by atoms with van der Waals surface area (Å²) < 4.78 is 0. The van der Waals surface area contributed by atoms with E-state index in [1.165, 1.54) is 24.0 Å². The van der Waals surface area contributed by atoms with Crippen LogP contribution in [0.2, 0.25) is 10.3 Å². The summed E-state index contributed by atoms with van der Waals surface area (Å²) in [6.07, 6.45) is 1.46. The highest BCUT2D eigenvalue weighted by Gasteiger charge is 2.04. The molecule has 2 heterocycles. The zero-order valence-corrected chi connectivity index (χ0v) is 10.8. The molecule has 88 valence electrons. The Balaban J connectivity index is 2.10. The molecule has 17 heavy (non-hydrogen) atoms. The zero-order valence-electron chi connectivity index (χ0n) is 8.48. The number of thioether (sulfide) groups is 1. The van der Waals surface area contributed by atoms with Crippen LogP contribution >= 0.6 is 35.0 Å². The van der Waals surface area contributed by atoms with Crippen LogP contribution in [-0.2, 0) is 5.75 Å². The fourth-order valence-corrected chi connectivity index (χ4v) is 2.44. The summed E-state index contributed by atoms with van der Waals surface area (Å²) in [6, 6.07) is 4.83. The number of halogens is 2. The molecule has 0 aliphatic rings. The summed E-state index contributed by atoms with van der Waals surface area (Å²) in [5.41, 5.74) is 0.662. The first-order chi connectivity index (χ1) is 8.15. The van der Waals surface area contributed by atoms with Gasteiger partial charge in [0.25, 0.3) is 5.56 Å². The smallest absolute Gasteiger partial charge is 0.251 e. The van der Waals surface area contributed by atoms with Crippen molar-refractivity contribution in [2.75, 3.05) is 0 Å². The molecule has 0 amide bonds. The van der Waals surface area contributed by atoms with Crippen molar-refractivity contribution in [3.05, 3.63) is 50.6 Å². The first kappa shape index (κ1) is 12.4. The number of H-pyrrole nitrogens is 1. The third kappa shape index (κ3) is 3.46. The van der Waals surface area contributed by atoms with Crippen LogP contribution in [0.5, 0.6) is 0 Å². The highest BCUT2D eigenvalue weighted by atomic mass is 35.5. The van der Waals surface area contributed by atoms with E-state index >= 15 is 0 Å². The monoisotopic (exact) mass is 287 g/mol. The van der Waals surface area contributed by atoms with Gasteiger partial charge >= 0.3 is 0 Å². The quantitative estimate of drug-likeness (QED) is 0.536. The molecule has 0 bridgehead atoms. The van der Waals surface area contributed by atoms with Crippen molar-refractivity contribution in [3.63, 3.8) is 0 Å². The third-order valence-corrected chi connectivity index (χ3v) is 3.38. The fourth-order valence-electron chi connectivity index (χ4n) is 1.12. The molecule has 4 nitrogen and oxygen atoms in total. The number of hydrogen-bond acceptors (Lipinski definition) is 4. The van der Waals surface area contributed by atoms with Crippen molar-refractivity contribution in [2.45, 2.75) is 10.9 Å². The van der Waals surface area contributed by atoms with Crippen LogP contribution in [0.3, 0.4) is 0 Å². The molecule has 0 saturated carbocycles. The van der Waals surface area contributed by atoms with Gasteiger partial charge in [0.15, 0.2) is 5.16 Å². The molecule has 7 heteroatoms. The highest BCUT2D eigenvalue weighted by Crippen LogP contribution is 2.23. The number of pyridine rings is 1. The van der Waals surface area contributed by atoms with Gasteiger partial charge in [-0.1, -0.05) is 41.0 Å². The normalized spacial score (nSPS) is 10.5. The third-order valence-electron chi connectivity index (χ3n) is 1.90. The van der Waals surface area contributed by atoms with Gasteiger partial charge in [-0.15, -0.1) is 0 Å². The molecule has 0 aromatic carbocycles. The van der Waals surface area contributed by atoms with Crippen molar-refractivity contribution in [2.24, 2.45) is 0 Å². The molecule has 2 aromatic rings. The Labute approximate surface area is 111 Å². The summed E-state index contributed by atoms with van der Waals surface area (Å²) in [5.74, 6) is 0.565. The first-order valence-corrected chi connectivity index (χ1v) is 6.38. The van der Waals surface area contributed by atoms with E-state index in [4.69, 9.17) is 23.2 Å². The number of aromatic amines is 1. The highest BCUT2D eigenvalue weighted by molar-refractivity contribution is 7.98. The van der Waals surface area contributed by atoms with Gasteiger partial charge in [-0.2, -0.15) is 0 Å². The average Bonchev–Trinajstić information content (AvgIpc) is 2.28. The van der Waals surface area contributed by atoms with Crippen LogP contribution in [0.4, 0.5) is 0 Å². The Morgan fingerprint density at radius 2 is 2.12 bits per heavy atom. The van der Waals surface area contributed by atoms with Gasteiger partial charge in [0.05, 0.1) is 0 Å². The van der Waals surface area contributed by atoms with E-state index in [2.05, 4.69) is 15.0 Å². The molecule has 0 spiro atoms. The molecule has 0 radical (unpaired) electrons. The summed E-state index contributed by atoms with van der Waals surface area (Å²) in [7, 11) is 0. The Morgan fingerprint density at radius 3 is 2.82 bits per heavy atom. The van der Waals surface area contributed by atoms with Crippen molar-refractivity contribution < 1.29 is 0 Å². The molecule has 2 rings (SSSR count). The number of rotatable bonds is 3. The van der Waals surface area contributed by atoms with E-state index < -0.39 is 0 Å². The van der Waals surface area contributed by atoms with E-state index in [9.17, 15) is 4.79 Å². The number of nitrogens with zero attached hydrogens (tertiary/aromatic N) is 2. The van der Waals surface area contributed by atoms with Crippen molar-refractivity contribution >= 4 is 35.0 Å². The van der Waals surface area contributed by atoms with Crippen LogP contribution in [0, 0.1) is 0 Å². The van der Waals surface area contributed by atoms with Crippen LogP contribution in [0.25, 0.3) is 0 Å². The number of aromatic nitrogens is 3. The van der Waals surface area contributed by atoms with Gasteiger partial charge in [-0.05, 0) is 11.6 Å². The van der Waals surface area contributed by atoms with Crippen LogP contribution in [0.1, 0.15) is 5.56 Å². The lowest BCUT2D eigenvalue weighted by molar-refractivity contribution is 0.936. The maximum absolute atomic E-state index is 11.0. The van der Waals surface area contributed by atoms with Crippen molar-refractivity contribution in [1.29, 1.82) is 0 Å².